The lowest BCUT2D eigenvalue weighted by Crippen LogP contribution is -2.30. The molecular formula is C14H29NO. The van der Waals surface area contributed by atoms with Crippen molar-refractivity contribution in [1.82, 2.24) is 5.32 Å². The van der Waals surface area contributed by atoms with Gasteiger partial charge in [-0.2, -0.15) is 0 Å². The van der Waals surface area contributed by atoms with Gasteiger partial charge < -0.3 is 10.1 Å². The second kappa shape index (κ2) is 5.05. The molecule has 0 aromatic heterocycles. The summed E-state index contributed by atoms with van der Waals surface area (Å²) in [6, 6.07) is 0.601. The molecule has 0 spiro atoms. The van der Waals surface area contributed by atoms with Gasteiger partial charge in [-0.25, -0.2) is 0 Å². The minimum absolute atomic E-state index is 0.0569. The quantitative estimate of drug-likeness (QED) is 0.727. The van der Waals surface area contributed by atoms with Crippen LogP contribution in [0.2, 0.25) is 0 Å². The van der Waals surface area contributed by atoms with E-state index in [2.05, 4.69) is 46.9 Å². The fourth-order valence-corrected chi connectivity index (χ4v) is 2.87. The summed E-state index contributed by atoms with van der Waals surface area (Å²) < 4.78 is 6.11. The molecule has 1 unspecified atom stereocenters. The van der Waals surface area contributed by atoms with E-state index in [9.17, 15) is 0 Å². The minimum Gasteiger partial charge on any atom is -0.369 e. The van der Waals surface area contributed by atoms with Gasteiger partial charge in [-0.05, 0) is 59.4 Å². The summed E-state index contributed by atoms with van der Waals surface area (Å²) in [4.78, 5) is 0. The average molecular weight is 227 g/mol. The van der Waals surface area contributed by atoms with Crippen LogP contribution in [0.5, 0.6) is 0 Å². The average Bonchev–Trinajstić information content (AvgIpc) is 2.27. The first kappa shape index (κ1) is 14.0. The monoisotopic (exact) mass is 227 g/mol. The Morgan fingerprint density at radius 3 is 2.31 bits per heavy atom. The molecule has 1 saturated heterocycles. The van der Waals surface area contributed by atoms with Crippen LogP contribution in [0.4, 0.5) is 0 Å². The van der Waals surface area contributed by atoms with Crippen molar-refractivity contribution in [3.63, 3.8) is 0 Å². The Balaban J connectivity index is 2.32. The van der Waals surface area contributed by atoms with Gasteiger partial charge in [0, 0.05) is 6.04 Å². The first-order valence-corrected chi connectivity index (χ1v) is 6.66. The van der Waals surface area contributed by atoms with Crippen molar-refractivity contribution in [3.8, 4) is 0 Å². The van der Waals surface area contributed by atoms with Gasteiger partial charge in [-0.1, -0.05) is 13.8 Å². The van der Waals surface area contributed by atoms with Crippen molar-refractivity contribution in [2.24, 2.45) is 5.92 Å². The van der Waals surface area contributed by atoms with Crippen LogP contribution in [0.3, 0.4) is 0 Å². The van der Waals surface area contributed by atoms with Gasteiger partial charge in [0.05, 0.1) is 11.2 Å². The molecule has 1 rings (SSSR count). The van der Waals surface area contributed by atoms with Crippen LogP contribution in [0.25, 0.3) is 0 Å². The molecular weight excluding hydrogens is 198 g/mol. The van der Waals surface area contributed by atoms with Gasteiger partial charge in [-0.15, -0.1) is 0 Å². The lowest BCUT2D eigenvalue weighted by molar-refractivity contribution is -0.0752. The standard InChI is InChI=1S/C14H29NO/c1-11(2)15-9-7-8-12-10-13(3,4)16-14(12,5)6/h11-12,15H,7-10H2,1-6H3. The van der Waals surface area contributed by atoms with E-state index in [1.165, 1.54) is 19.3 Å². The maximum atomic E-state index is 6.11. The molecule has 2 heteroatoms. The normalized spacial score (nSPS) is 27.6. The van der Waals surface area contributed by atoms with Crippen LogP contribution in [-0.4, -0.2) is 23.8 Å². The molecule has 1 heterocycles. The van der Waals surface area contributed by atoms with E-state index in [1.807, 2.05) is 0 Å². The van der Waals surface area contributed by atoms with Crippen molar-refractivity contribution in [3.05, 3.63) is 0 Å². The third-order valence-electron chi connectivity index (χ3n) is 3.54. The van der Waals surface area contributed by atoms with Gasteiger partial charge in [-0.3, -0.25) is 0 Å². The Morgan fingerprint density at radius 1 is 1.25 bits per heavy atom. The molecule has 1 atom stereocenters. The highest BCUT2D eigenvalue weighted by Gasteiger charge is 2.44. The molecule has 1 aliphatic rings. The number of hydrogen-bond donors (Lipinski definition) is 1. The van der Waals surface area contributed by atoms with E-state index < -0.39 is 0 Å². The van der Waals surface area contributed by atoms with E-state index >= 15 is 0 Å². The van der Waals surface area contributed by atoms with Crippen LogP contribution >= 0.6 is 0 Å². The predicted octanol–water partition coefficient (Wildman–Crippen LogP) is 3.36. The first-order chi connectivity index (χ1) is 7.23. The summed E-state index contributed by atoms with van der Waals surface area (Å²) in [5.41, 5.74) is 0.126. The van der Waals surface area contributed by atoms with Crippen molar-refractivity contribution in [1.29, 1.82) is 0 Å². The molecule has 0 radical (unpaired) electrons. The summed E-state index contributed by atoms with van der Waals surface area (Å²) in [5, 5.41) is 3.48. The van der Waals surface area contributed by atoms with E-state index in [-0.39, 0.29) is 11.2 Å². The van der Waals surface area contributed by atoms with Crippen LogP contribution in [0, 0.1) is 5.92 Å². The van der Waals surface area contributed by atoms with Crippen molar-refractivity contribution >= 4 is 0 Å². The van der Waals surface area contributed by atoms with Crippen LogP contribution in [-0.2, 0) is 4.74 Å². The highest BCUT2D eigenvalue weighted by molar-refractivity contribution is 4.94. The molecule has 0 aromatic carbocycles. The molecule has 2 nitrogen and oxygen atoms in total. The molecule has 1 N–H and O–H groups in total. The minimum atomic E-state index is 0.0569. The Morgan fingerprint density at radius 2 is 1.88 bits per heavy atom. The zero-order chi connectivity index (χ0) is 12.4. The zero-order valence-corrected chi connectivity index (χ0v) is 11.9. The van der Waals surface area contributed by atoms with Gasteiger partial charge in [0.2, 0.25) is 0 Å². The molecule has 1 fully saturated rings. The lowest BCUT2D eigenvalue weighted by Gasteiger charge is -2.27. The molecule has 0 aromatic rings. The van der Waals surface area contributed by atoms with E-state index in [0.717, 1.165) is 6.54 Å². The Hall–Kier alpha value is -0.0800. The van der Waals surface area contributed by atoms with Gasteiger partial charge in [0.15, 0.2) is 0 Å². The largest absolute Gasteiger partial charge is 0.369 e. The number of hydrogen-bond acceptors (Lipinski definition) is 2. The van der Waals surface area contributed by atoms with E-state index in [4.69, 9.17) is 4.74 Å². The fraction of sp³-hybridized carbons (Fsp3) is 1.00. The summed E-state index contributed by atoms with van der Waals surface area (Å²) in [6.07, 6.45) is 3.73. The summed E-state index contributed by atoms with van der Waals surface area (Å²) in [6.45, 7) is 14.4. The number of rotatable bonds is 5. The molecule has 0 bridgehead atoms. The third kappa shape index (κ3) is 4.06. The van der Waals surface area contributed by atoms with Crippen molar-refractivity contribution < 1.29 is 4.74 Å². The molecule has 96 valence electrons. The molecule has 1 aliphatic heterocycles. The van der Waals surface area contributed by atoms with E-state index in [0.29, 0.717) is 12.0 Å². The highest BCUT2D eigenvalue weighted by atomic mass is 16.5. The lowest BCUT2D eigenvalue weighted by atomic mass is 9.84. The van der Waals surface area contributed by atoms with Crippen molar-refractivity contribution in [2.75, 3.05) is 6.54 Å². The molecule has 0 amide bonds. The highest BCUT2D eigenvalue weighted by Crippen LogP contribution is 2.43. The topological polar surface area (TPSA) is 21.3 Å². The molecule has 0 aliphatic carbocycles. The fourth-order valence-electron chi connectivity index (χ4n) is 2.87. The van der Waals surface area contributed by atoms with Gasteiger partial charge in [0.25, 0.3) is 0 Å². The van der Waals surface area contributed by atoms with Crippen molar-refractivity contribution in [2.45, 2.75) is 78.0 Å². The maximum Gasteiger partial charge on any atom is 0.0662 e. The van der Waals surface area contributed by atoms with Crippen LogP contribution < -0.4 is 5.32 Å². The molecule has 16 heavy (non-hydrogen) atoms. The second-order valence-electron chi connectivity index (χ2n) is 6.62. The first-order valence-electron chi connectivity index (χ1n) is 6.66. The van der Waals surface area contributed by atoms with Gasteiger partial charge >= 0.3 is 0 Å². The SMILES string of the molecule is CC(C)NCCCC1CC(C)(C)OC1(C)C. The summed E-state index contributed by atoms with van der Waals surface area (Å²) >= 11 is 0. The van der Waals surface area contributed by atoms with E-state index in [1.54, 1.807) is 0 Å². The zero-order valence-electron chi connectivity index (χ0n) is 11.9. The second-order valence-corrected chi connectivity index (χ2v) is 6.62. The number of ether oxygens (including phenoxy) is 1. The van der Waals surface area contributed by atoms with Crippen LogP contribution in [0.1, 0.15) is 60.8 Å². The predicted molar refractivity (Wildman–Crippen MR) is 69.7 cm³/mol. The Labute approximate surface area is 101 Å². The number of nitrogens with one attached hydrogen (secondary N) is 1. The van der Waals surface area contributed by atoms with Gasteiger partial charge in [0.1, 0.15) is 0 Å². The third-order valence-corrected chi connectivity index (χ3v) is 3.54. The van der Waals surface area contributed by atoms with Crippen LogP contribution in [0.15, 0.2) is 0 Å². The Bertz CT molecular complexity index is 221. The Kier molecular flexibility index (Phi) is 4.42. The summed E-state index contributed by atoms with van der Waals surface area (Å²) in [7, 11) is 0. The summed E-state index contributed by atoms with van der Waals surface area (Å²) in [5.74, 6) is 0.705. The smallest absolute Gasteiger partial charge is 0.0662 e. The maximum absolute atomic E-state index is 6.11. The molecule has 0 saturated carbocycles.